The number of rotatable bonds is 5. The van der Waals surface area contributed by atoms with Crippen molar-refractivity contribution in [3.8, 4) is 0 Å². The van der Waals surface area contributed by atoms with Gasteiger partial charge in [-0.25, -0.2) is 4.39 Å². The van der Waals surface area contributed by atoms with Gasteiger partial charge >= 0.3 is 0 Å². The highest BCUT2D eigenvalue weighted by Gasteiger charge is 2.24. The monoisotopic (exact) mass is 421 g/mol. The average Bonchev–Trinajstić information content (AvgIpc) is 2.94. The Balaban J connectivity index is 0.00000242. The lowest BCUT2D eigenvalue weighted by atomic mass is 10.1. The SMILES string of the molecule is CN=C(NCCc1ccccc1F)N1CCC(COC)C1.I. The maximum absolute atomic E-state index is 13.6. The Morgan fingerprint density at radius 2 is 2.23 bits per heavy atom. The van der Waals surface area contributed by atoms with E-state index in [9.17, 15) is 4.39 Å². The number of hydrogen-bond acceptors (Lipinski definition) is 2. The van der Waals surface area contributed by atoms with E-state index in [1.54, 1.807) is 20.2 Å². The molecular formula is C16H25FIN3O. The zero-order valence-corrected chi connectivity index (χ0v) is 15.5. The van der Waals surface area contributed by atoms with Gasteiger partial charge in [0.15, 0.2) is 5.96 Å². The van der Waals surface area contributed by atoms with Gasteiger partial charge in [0.1, 0.15) is 5.82 Å². The minimum absolute atomic E-state index is 0. The van der Waals surface area contributed by atoms with Gasteiger partial charge in [0.05, 0.1) is 6.61 Å². The predicted molar refractivity (Wildman–Crippen MR) is 98.4 cm³/mol. The predicted octanol–water partition coefficient (Wildman–Crippen LogP) is 2.53. The number of likely N-dealkylation sites (tertiary alicyclic amines) is 1. The van der Waals surface area contributed by atoms with Crippen molar-refractivity contribution >= 4 is 29.9 Å². The molecule has 0 aliphatic carbocycles. The average molecular weight is 421 g/mol. The molecule has 1 atom stereocenters. The van der Waals surface area contributed by atoms with Crippen molar-refractivity contribution in [2.24, 2.45) is 10.9 Å². The van der Waals surface area contributed by atoms with Crippen LogP contribution in [0.25, 0.3) is 0 Å². The Morgan fingerprint density at radius 3 is 2.91 bits per heavy atom. The number of hydrogen-bond donors (Lipinski definition) is 1. The maximum Gasteiger partial charge on any atom is 0.193 e. The van der Waals surface area contributed by atoms with Crippen LogP contribution in [-0.2, 0) is 11.2 Å². The smallest absolute Gasteiger partial charge is 0.193 e. The van der Waals surface area contributed by atoms with Gasteiger partial charge in [-0.15, -0.1) is 24.0 Å². The van der Waals surface area contributed by atoms with E-state index >= 15 is 0 Å². The van der Waals surface area contributed by atoms with Crippen molar-refractivity contribution in [1.29, 1.82) is 0 Å². The van der Waals surface area contributed by atoms with Crippen molar-refractivity contribution in [1.82, 2.24) is 10.2 Å². The zero-order chi connectivity index (χ0) is 15.1. The molecule has 0 aromatic heterocycles. The third-order valence-corrected chi connectivity index (χ3v) is 3.83. The number of nitrogens with zero attached hydrogens (tertiary/aromatic N) is 2. The Kier molecular flexibility index (Phi) is 8.70. The lowest BCUT2D eigenvalue weighted by molar-refractivity contribution is 0.157. The Labute approximate surface area is 149 Å². The summed E-state index contributed by atoms with van der Waals surface area (Å²) in [4.78, 5) is 6.56. The lowest BCUT2D eigenvalue weighted by Gasteiger charge is -2.21. The standard InChI is InChI=1S/C16H24FN3O.HI/c1-18-16(20-10-8-13(11-20)12-21-2)19-9-7-14-5-3-4-6-15(14)17;/h3-6,13H,7-12H2,1-2H3,(H,18,19);1H. The molecule has 0 radical (unpaired) electrons. The fourth-order valence-electron chi connectivity index (χ4n) is 2.74. The molecule has 0 spiro atoms. The number of ether oxygens (including phenoxy) is 1. The first-order valence-corrected chi connectivity index (χ1v) is 7.42. The van der Waals surface area contributed by atoms with Crippen molar-refractivity contribution in [2.45, 2.75) is 12.8 Å². The van der Waals surface area contributed by atoms with E-state index in [1.165, 1.54) is 6.07 Å². The third-order valence-electron chi connectivity index (χ3n) is 3.83. The van der Waals surface area contributed by atoms with Crippen molar-refractivity contribution in [3.63, 3.8) is 0 Å². The fraction of sp³-hybridized carbons (Fsp3) is 0.562. The minimum Gasteiger partial charge on any atom is -0.384 e. The zero-order valence-electron chi connectivity index (χ0n) is 13.2. The fourth-order valence-corrected chi connectivity index (χ4v) is 2.74. The number of halogens is 2. The second-order valence-electron chi connectivity index (χ2n) is 5.37. The quantitative estimate of drug-likeness (QED) is 0.451. The van der Waals surface area contributed by atoms with Gasteiger partial charge in [-0.1, -0.05) is 18.2 Å². The van der Waals surface area contributed by atoms with Crippen molar-refractivity contribution in [3.05, 3.63) is 35.6 Å². The van der Waals surface area contributed by atoms with Gasteiger partial charge in [0, 0.05) is 39.7 Å². The van der Waals surface area contributed by atoms with E-state index in [0.717, 1.165) is 37.6 Å². The normalized spacial score (nSPS) is 18.2. The van der Waals surface area contributed by atoms with Crippen LogP contribution in [0.2, 0.25) is 0 Å². The van der Waals surface area contributed by atoms with Gasteiger partial charge in [-0.3, -0.25) is 4.99 Å². The first-order chi connectivity index (χ1) is 10.2. The van der Waals surface area contributed by atoms with E-state index in [2.05, 4.69) is 15.2 Å². The molecule has 1 saturated heterocycles. The van der Waals surface area contributed by atoms with Gasteiger partial charge in [-0.2, -0.15) is 0 Å². The molecule has 2 rings (SSSR count). The molecule has 1 aliphatic heterocycles. The van der Waals surface area contributed by atoms with Crippen LogP contribution in [0.3, 0.4) is 0 Å². The largest absolute Gasteiger partial charge is 0.384 e. The van der Waals surface area contributed by atoms with Crippen LogP contribution >= 0.6 is 24.0 Å². The Hall–Kier alpha value is -0.890. The maximum atomic E-state index is 13.6. The van der Waals surface area contributed by atoms with E-state index < -0.39 is 0 Å². The lowest BCUT2D eigenvalue weighted by Crippen LogP contribution is -2.41. The number of methoxy groups -OCH3 is 1. The highest BCUT2D eigenvalue weighted by Crippen LogP contribution is 2.16. The van der Waals surface area contributed by atoms with Crippen LogP contribution < -0.4 is 5.32 Å². The first-order valence-electron chi connectivity index (χ1n) is 7.42. The number of nitrogens with one attached hydrogen (secondary N) is 1. The second kappa shape index (κ2) is 9.99. The van der Waals surface area contributed by atoms with Gasteiger partial charge in [-0.05, 0) is 24.5 Å². The first kappa shape index (κ1) is 19.2. The molecular weight excluding hydrogens is 396 g/mol. The van der Waals surface area contributed by atoms with Crippen LogP contribution in [0, 0.1) is 11.7 Å². The molecule has 1 heterocycles. The molecule has 0 amide bonds. The molecule has 1 fully saturated rings. The summed E-state index contributed by atoms with van der Waals surface area (Å²) in [5, 5.41) is 3.32. The topological polar surface area (TPSA) is 36.9 Å². The summed E-state index contributed by atoms with van der Waals surface area (Å²) in [6.07, 6.45) is 1.78. The highest BCUT2D eigenvalue weighted by molar-refractivity contribution is 14.0. The van der Waals surface area contributed by atoms with Gasteiger partial charge in [0.25, 0.3) is 0 Å². The van der Waals surface area contributed by atoms with Crippen molar-refractivity contribution < 1.29 is 9.13 Å². The molecule has 6 heteroatoms. The molecule has 1 aromatic rings. The van der Waals surface area contributed by atoms with E-state index in [1.807, 2.05) is 12.1 Å². The molecule has 1 aromatic carbocycles. The van der Waals surface area contributed by atoms with Crippen molar-refractivity contribution in [2.75, 3.05) is 40.4 Å². The van der Waals surface area contributed by atoms with E-state index in [-0.39, 0.29) is 29.8 Å². The van der Waals surface area contributed by atoms with Crippen LogP contribution in [0.5, 0.6) is 0 Å². The van der Waals surface area contributed by atoms with Gasteiger partial charge in [0.2, 0.25) is 0 Å². The number of benzene rings is 1. The second-order valence-corrected chi connectivity index (χ2v) is 5.37. The molecule has 22 heavy (non-hydrogen) atoms. The van der Waals surface area contributed by atoms with Gasteiger partial charge < -0.3 is 15.0 Å². The van der Waals surface area contributed by atoms with Crippen LogP contribution in [0.1, 0.15) is 12.0 Å². The van der Waals surface area contributed by atoms with E-state index in [4.69, 9.17) is 4.74 Å². The molecule has 0 bridgehead atoms. The highest BCUT2D eigenvalue weighted by atomic mass is 127. The minimum atomic E-state index is -0.143. The molecule has 4 nitrogen and oxygen atoms in total. The number of aliphatic imine (C=N–C) groups is 1. The summed E-state index contributed by atoms with van der Waals surface area (Å²) >= 11 is 0. The summed E-state index contributed by atoms with van der Waals surface area (Å²) in [5.41, 5.74) is 0.735. The summed E-state index contributed by atoms with van der Waals surface area (Å²) in [6, 6.07) is 6.90. The Morgan fingerprint density at radius 1 is 1.45 bits per heavy atom. The molecule has 124 valence electrons. The molecule has 0 saturated carbocycles. The molecule has 1 N–H and O–H groups in total. The van der Waals surface area contributed by atoms with Crippen LogP contribution in [0.4, 0.5) is 4.39 Å². The number of guanidine groups is 1. The van der Waals surface area contributed by atoms with Crippen LogP contribution in [0.15, 0.2) is 29.3 Å². The molecule has 1 aliphatic rings. The summed E-state index contributed by atoms with van der Waals surface area (Å²) in [6.45, 7) is 3.43. The van der Waals surface area contributed by atoms with E-state index in [0.29, 0.717) is 18.9 Å². The summed E-state index contributed by atoms with van der Waals surface area (Å²) in [7, 11) is 3.53. The van der Waals surface area contributed by atoms with Crippen LogP contribution in [-0.4, -0.2) is 51.3 Å². The molecule has 1 unspecified atom stereocenters. The summed E-state index contributed by atoms with van der Waals surface area (Å²) in [5.74, 6) is 1.32. The Bertz CT molecular complexity index is 484. The third kappa shape index (κ3) is 5.39. The summed E-state index contributed by atoms with van der Waals surface area (Å²) < 4.78 is 18.8.